The molecule has 2 atom stereocenters. The molecule has 3 heteroatoms. The number of para-hydroxylation sites is 1. The summed E-state index contributed by atoms with van der Waals surface area (Å²) in [7, 11) is 0. The van der Waals surface area contributed by atoms with Crippen LogP contribution in [0.15, 0.2) is 18.2 Å². The van der Waals surface area contributed by atoms with Gasteiger partial charge < -0.3 is 10.4 Å². The molecule has 1 saturated carbocycles. The maximum atomic E-state index is 11.2. The Morgan fingerprint density at radius 2 is 2.20 bits per heavy atom. The van der Waals surface area contributed by atoms with Crippen LogP contribution in [0.2, 0.25) is 0 Å². The third-order valence-corrected chi connectivity index (χ3v) is 4.40. The van der Waals surface area contributed by atoms with Crippen molar-refractivity contribution in [3.8, 4) is 0 Å². The predicted molar refractivity (Wildman–Crippen MR) is 82.4 cm³/mol. The summed E-state index contributed by atoms with van der Waals surface area (Å²) < 4.78 is 0. The molecule has 0 bridgehead atoms. The average Bonchev–Trinajstić information content (AvgIpc) is 2.40. The van der Waals surface area contributed by atoms with E-state index in [-0.39, 0.29) is 0 Å². The lowest BCUT2D eigenvalue weighted by molar-refractivity contribution is 0.0698. The summed E-state index contributed by atoms with van der Waals surface area (Å²) in [6, 6.07) is 5.42. The number of hydrogen-bond acceptors (Lipinski definition) is 2. The zero-order valence-corrected chi connectivity index (χ0v) is 12.5. The van der Waals surface area contributed by atoms with Crippen LogP contribution >= 0.6 is 0 Å². The molecule has 20 heavy (non-hydrogen) atoms. The van der Waals surface area contributed by atoms with Crippen LogP contribution in [-0.4, -0.2) is 17.6 Å². The van der Waals surface area contributed by atoms with Gasteiger partial charge in [0.15, 0.2) is 0 Å². The Morgan fingerprint density at radius 3 is 2.90 bits per heavy atom. The molecule has 110 valence electrons. The number of anilines is 1. The molecule has 1 aliphatic carbocycles. The Bertz CT molecular complexity index is 470. The fraction of sp³-hybridized carbons (Fsp3) is 0.588. The summed E-state index contributed by atoms with van der Waals surface area (Å²) in [6.07, 6.45) is 6.49. The monoisotopic (exact) mass is 275 g/mol. The Morgan fingerprint density at radius 1 is 1.40 bits per heavy atom. The summed E-state index contributed by atoms with van der Waals surface area (Å²) in [5.41, 5.74) is 2.16. The molecule has 0 spiro atoms. The minimum absolute atomic E-state index is 0.377. The van der Waals surface area contributed by atoms with Gasteiger partial charge in [-0.05, 0) is 43.2 Å². The van der Waals surface area contributed by atoms with Crippen LogP contribution in [0.5, 0.6) is 0 Å². The molecule has 0 heterocycles. The first-order valence-electron chi connectivity index (χ1n) is 7.64. The van der Waals surface area contributed by atoms with Gasteiger partial charge in [-0.15, -0.1) is 0 Å². The molecule has 0 saturated heterocycles. The highest BCUT2D eigenvalue weighted by Crippen LogP contribution is 2.31. The van der Waals surface area contributed by atoms with Crippen molar-refractivity contribution < 1.29 is 9.90 Å². The van der Waals surface area contributed by atoms with Crippen molar-refractivity contribution in [1.82, 2.24) is 0 Å². The molecule has 1 aliphatic rings. The van der Waals surface area contributed by atoms with E-state index >= 15 is 0 Å². The zero-order valence-electron chi connectivity index (χ0n) is 12.5. The van der Waals surface area contributed by atoms with Gasteiger partial charge >= 0.3 is 5.97 Å². The second kappa shape index (κ2) is 6.78. The molecule has 0 aliphatic heterocycles. The number of nitrogens with one attached hydrogen (secondary N) is 1. The lowest BCUT2D eigenvalue weighted by Gasteiger charge is -2.27. The van der Waals surface area contributed by atoms with E-state index in [1.165, 1.54) is 25.7 Å². The van der Waals surface area contributed by atoms with E-state index in [0.29, 0.717) is 5.56 Å². The molecule has 1 fully saturated rings. The van der Waals surface area contributed by atoms with E-state index in [2.05, 4.69) is 12.2 Å². The third kappa shape index (κ3) is 3.75. The van der Waals surface area contributed by atoms with E-state index in [9.17, 15) is 9.90 Å². The fourth-order valence-corrected chi connectivity index (χ4v) is 3.30. The highest BCUT2D eigenvalue weighted by molar-refractivity contribution is 5.95. The van der Waals surface area contributed by atoms with Gasteiger partial charge in [-0.3, -0.25) is 0 Å². The van der Waals surface area contributed by atoms with Crippen LogP contribution in [0.1, 0.15) is 54.9 Å². The quantitative estimate of drug-likeness (QED) is 0.841. The van der Waals surface area contributed by atoms with Gasteiger partial charge in [0.1, 0.15) is 0 Å². The number of rotatable bonds is 5. The van der Waals surface area contributed by atoms with Gasteiger partial charge in [-0.25, -0.2) is 4.79 Å². The van der Waals surface area contributed by atoms with Gasteiger partial charge in [0.25, 0.3) is 0 Å². The molecule has 3 nitrogen and oxygen atoms in total. The SMILES string of the molecule is Cc1cccc(C(=O)O)c1NCCC1CCCC(C)C1. The lowest BCUT2D eigenvalue weighted by Crippen LogP contribution is -2.17. The second-order valence-corrected chi connectivity index (χ2v) is 6.16. The molecule has 0 aromatic heterocycles. The van der Waals surface area contributed by atoms with Crippen molar-refractivity contribution in [2.45, 2.75) is 46.0 Å². The van der Waals surface area contributed by atoms with Crippen LogP contribution < -0.4 is 5.32 Å². The maximum absolute atomic E-state index is 11.2. The number of carboxylic acid groups (broad SMARTS) is 1. The van der Waals surface area contributed by atoms with Crippen LogP contribution in [0.4, 0.5) is 5.69 Å². The van der Waals surface area contributed by atoms with Crippen LogP contribution in [0.25, 0.3) is 0 Å². The number of benzene rings is 1. The van der Waals surface area contributed by atoms with Crippen molar-refractivity contribution in [2.75, 3.05) is 11.9 Å². The smallest absolute Gasteiger partial charge is 0.337 e. The normalized spacial score (nSPS) is 22.5. The zero-order chi connectivity index (χ0) is 14.5. The molecule has 2 unspecified atom stereocenters. The van der Waals surface area contributed by atoms with Crippen LogP contribution in [0.3, 0.4) is 0 Å². The number of aryl methyl sites for hydroxylation is 1. The predicted octanol–water partition coefficient (Wildman–Crippen LogP) is 4.32. The molecular weight excluding hydrogens is 250 g/mol. The van der Waals surface area contributed by atoms with Crippen molar-refractivity contribution in [3.05, 3.63) is 29.3 Å². The second-order valence-electron chi connectivity index (χ2n) is 6.16. The Kier molecular flexibility index (Phi) is 5.05. The summed E-state index contributed by atoms with van der Waals surface area (Å²) in [4.78, 5) is 11.2. The molecule has 0 radical (unpaired) electrons. The van der Waals surface area contributed by atoms with Crippen LogP contribution in [0, 0.1) is 18.8 Å². The Hall–Kier alpha value is -1.51. The van der Waals surface area contributed by atoms with E-state index in [1.54, 1.807) is 12.1 Å². The molecule has 0 amide bonds. The van der Waals surface area contributed by atoms with Gasteiger partial charge in [0.2, 0.25) is 0 Å². The number of carboxylic acids is 1. The van der Waals surface area contributed by atoms with Crippen molar-refractivity contribution in [2.24, 2.45) is 11.8 Å². The third-order valence-electron chi connectivity index (χ3n) is 4.40. The Balaban J connectivity index is 1.92. The molecule has 2 rings (SSSR count). The van der Waals surface area contributed by atoms with Crippen LogP contribution in [-0.2, 0) is 0 Å². The first kappa shape index (κ1) is 14.9. The molecular formula is C17H25NO2. The summed E-state index contributed by atoms with van der Waals surface area (Å²) >= 11 is 0. The number of carbonyl (C=O) groups is 1. The van der Waals surface area contributed by atoms with Crippen molar-refractivity contribution in [3.63, 3.8) is 0 Å². The Labute approximate surface area is 121 Å². The van der Waals surface area contributed by atoms with Crippen molar-refractivity contribution in [1.29, 1.82) is 0 Å². The molecule has 2 N–H and O–H groups in total. The first-order valence-corrected chi connectivity index (χ1v) is 7.64. The maximum Gasteiger partial charge on any atom is 0.337 e. The summed E-state index contributed by atoms with van der Waals surface area (Å²) in [5, 5.41) is 12.6. The highest BCUT2D eigenvalue weighted by atomic mass is 16.4. The van der Waals surface area contributed by atoms with Crippen molar-refractivity contribution >= 4 is 11.7 Å². The van der Waals surface area contributed by atoms with E-state index in [0.717, 1.165) is 36.1 Å². The largest absolute Gasteiger partial charge is 0.478 e. The summed E-state index contributed by atoms with van der Waals surface area (Å²) in [5.74, 6) is 0.785. The van der Waals surface area contributed by atoms with Gasteiger partial charge in [-0.2, -0.15) is 0 Å². The standard InChI is InChI=1S/C17H25NO2/c1-12-5-3-7-14(11-12)9-10-18-16-13(2)6-4-8-15(16)17(19)20/h4,6,8,12,14,18H,3,5,7,9-11H2,1-2H3,(H,19,20). The number of hydrogen-bond donors (Lipinski definition) is 2. The minimum Gasteiger partial charge on any atom is -0.478 e. The van der Waals surface area contributed by atoms with E-state index in [1.807, 2.05) is 13.0 Å². The summed E-state index contributed by atoms with van der Waals surface area (Å²) in [6.45, 7) is 5.16. The average molecular weight is 275 g/mol. The van der Waals surface area contributed by atoms with E-state index < -0.39 is 5.97 Å². The molecule has 1 aromatic rings. The minimum atomic E-state index is -0.859. The fourth-order valence-electron chi connectivity index (χ4n) is 3.30. The van der Waals surface area contributed by atoms with Gasteiger partial charge in [-0.1, -0.05) is 38.3 Å². The lowest BCUT2D eigenvalue weighted by atomic mass is 9.81. The van der Waals surface area contributed by atoms with Gasteiger partial charge in [0, 0.05) is 6.54 Å². The topological polar surface area (TPSA) is 49.3 Å². The van der Waals surface area contributed by atoms with Gasteiger partial charge in [0.05, 0.1) is 11.3 Å². The molecule has 1 aromatic carbocycles. The first-order chi connectivity index (χ1) is 9.58. The van der Waals surface area contributed by atoms with E-state index in [4.69, 9.17) is 0 Å². The number of aromatic carboxylic acids is 1. The highest BCUT2D eigenvalue weighted by Gasteiger charge is 2.19.